The van der Waals surface area contributed by atoms with Crippen molar-refractivity contribution in [2.24, 2.45) is 0 Å². The van der Waals surface area contributed by atoms with Gasteiger partial charge in [-0.25, -0.2) is 9.97 Å². The molecule has 0 spiro atoms. The number of anilines is 2. The smallest absolute Gasteiger partial charge is 0.262 e. The van der Waals surface area contributed by atoms with Crippen LogP contribution in [0.4, 0.5) is 10.8 Å². The number of thiophene rings is 1. The van der Waals surface area contributed by atoms with E-state index in [1.165, 1.54) is 16.9 Å². The van der Waals surface area contributed by atoms with Crippen LogP contribution >= 0.6 is 22.7 Å². The van der Waals surface area contributed by atoms with E-state index in [2.05, 4.69) is 28.3 Å². The van der Waals surface area contributed by atoms with E-state index >= 15 is 0 Å². The van der Waals surface area contributed by atoms with Gasteiger partial charge in [0.1, 0.15) is 4.83 Å². The summed E-state index contributed by atoms with van der Waals surface area (Å²) in [5.74, 6) is 0. The number of aromatic nitrogens is 3. The van der Waals surface area contributed by atoms with Crippen molar-refractivity contribution in [2.45, 2.75) is 27.3 Å². The van der Waals surface area contributed by atoms with Crippen LogP contribution < -0.4 is 10.9 Å². The minimum absolute atomic E-state index is 0.00161. The number of nitrogens with zero attached hydrogens (tertiary/aromatic N) is 3. The number of hydrogen-bond acceptors (Lipinski definition) is 6. The predicted molar refractivity (Wildman–Crippen MR) is 109 cm³/mol. The summed E-state index contributed by atoms with van der Waals surface area (Å²) in [5.41, 5.74) is 4.07. The van der Waals surface area contributed by atoms with Crippen LogP contribution in [-0.4, -0.2) is 14.5 Å². The van der Waals surface area contributed by atoms with Crippen molar-refractivity contribution in [1.29, 1.82) is 0 Å². The lowest BCUT2D eigenvalue weighted by molar-refractivity contribution is 0.735. The molecule has 0 radical (unpaired) electrons. The first kappa shape index (κ1) is 16.9. The van der Waals surface area contributed by atoms with E-state index in [-0.39, 0.29) is 5.56 Å². The minimum atomic E-state index is -0.00161. The van der Waals surface area contributed by atoms with Crippen molar-refractivity contribution < 1.29 is 0 Å². The van der Waals surface area contributed by atoms with Gasteiger partial charge in [-0.05, 0) is 38.0 Å². The molecule has 7 heteroatoms. The molecule has 3 heterocycles. The lowest BCUT2D eigenvalue weighted by Gasteiger charge is -2.06. The van der Waals surface area contributed by atoms with Crippen molar-refractivity contribution in [3.05, 3.63) is 68.0 Å². The standard InChI is InChI=1S/C19H18N4OS2/c1-11-6-4-5-7-15(11)22-19-21-14(9-25-19)8-23-10-20-17-16(18(23)24)12(2)13(3)26-17/h4-7,9-10H,8H2,1-3H3,(H,21,22). The Labute approximate surface area is 159 Å². The fourth-order valence-corrected chi connectivity index (χ4v) is 4.52. The third-order valence-electron chi connectivity index (χ3n) is 4.43. The van der Waals surface area contributed by atoms with Crippen LogP contribution in [0.1, 0.15) is 21.7 Å². The lowest BCUT2D eigenvalue weighted by Crippen LogP contribution is -2.21. The van der Waals surface area contributed by atoms with Crippen molar-refractivity contribution in [3.63, 3.8) is 0 Å². The van der Waals surface area contributed by atoms with Crippen molar-refractivity contribution in [1.82, 2.24) is 14.5 Å². The number of rotatable bonds is 4. The van der Waals surface area contributed by atoms with E-state index < -0.39 is 0 Å². The summed E-state index contributed by atoms with van der Waals surface area (Å²) < 4.78 is 1.63. The molecule has 132 valence electrons. The number of benzene rings is 1. The zero-order valence-corrected chi connectivity index (χ0v) is 16.4. The predicted octanol–water partition coefficient (Wildman–Crippen LogP) is 4.63. The first-order valence-electron chi connectivity index (χ1n) is 8.25. The maximum absolute atomic E-state index is 12.8. The Morgan fingerprint density at radius 1 is 1.19 bits per heavy atom. The van der Waals surface area contributed by atoms with Crippen molar-refractivity contribution in [2.75, 3.05) is 5.32 Å². The first-order valence-corrected chi connectivity index (χ1v) is 9.94. The Balaban J connectivity index is 1.61. The van der Waals surface area contributed by atoms with Crippen LogP contribution in [0.25, 0.3) is 10.2 Å². The number of aryl methyl sites for hydroxylation is 3. The first-order chi connectivity index (χ1) is 12.5. The van der Waals surface area contributed by atoms with E-state index in [0.29, 0.717) is 6.54 Å². The molecule has 0 bridgehead atoms. The molecule has 0 aliphatic rings. The van der Waals surface area contributed by atoms with Crippen LogP contribution in [0.3, 0.4) is 0 Å². The SMILES string of the molecule is Cc1ccccc1Nc1nc(Cn2cnc3sc(C)c(C)c3c2=O)cs1. The van der Waals surface area contributed by atoms with Crippen LogP contribution in [0.2, 0.25) is 0 Å². The number of hydrogen-bond donors (Lipinski definition) is 1. The molecule has 1 N–H and O–H groups in total. The van der Waals surface area contributed by atoms with Crippen LogP contribution in [0.5, 0.6) is 0 Å². The van der Waals surface area contributed by atoms with E-state index in [4.69, 9.17) is 0 Å². The van der Waals surface area contributed by atoms with E-state index in [1.807, 2.05) is 37.4 Å². The van der Waals surface area contributed by atoms with Gasteiger partial charge in [0.2, 0.25) is 0 Å². The molecule has 5 nitrogen and oxygen atoms in total. The molecular weight excluding hydrogens is 364 g/mol. The van der Waals surface area contributed by atoms with Gasteiger partial charge < -0.3 is 5.32 Å². The van der Waals surface area contributed by atoms with Gasteiger partial charge in [-0.2, -0.15) is 0 Å². The average Bonchev–Trinajstić information content (AvgIpc) is 3.17. The quantitative estimate of drug-likeness (QED) is 0.559. The molecule has 4 rings (SSSR count). The highest BCUT2D eigenvalue weighted by atomic mass is 32.1. The average molecular weight is 383 g/mol. The highest BCUT2D eigenvalue weighted by molar-refractivity contribution is 7.18. The summed E-state index contributed by atoms with van der Waals surface area (Å²) in [6.45, 7) is 6.48. The second-order valence-corrected chi connectivity index (χ2v) is 8.29. The monoisotopic (exact) mass is 382 g/mol. The molecule has 0 fully saturated rings. The maximum Gasteiger partial charge on any atom is 0.262 e. The highest BCUT2D eigenvalue weighted by Gasteiger charge is 2.13. The Hall–Kier alpha value is -2.51. The normalized spacial score (nSPS) is 11.2. The molecule has 0 unspecified atom stereocenters. The second kappa shape index (κ2) is 6.66. The Kier molecular flexibility index (Phi) is 4.34. The molecule has 0 saturated carbocycles. The fraction of sp³-hybridized carbons (Fsp3) is 0.211. The summed E-state index contributed by atoms with van der Waals surface area (Å²) >= 11 is 3.10. The molecule has 26 heavy (non-hydrogen) atoms. The number of nitrogens with one attached hydrogen (secondary N) is 1. The van der Waals surface area contributed by atoms with Crippen LogP contribution in [-0.2, 0) is 6.54 Å². The fourth-order valence-electron chi connectivity index (χ4n) is 2.82. The third-order valence-corrected chi connectivity index (χ3v) is 6.35. The zero-order valence-electron chi connectivity index (χ0n) is 14.7. The van der Waals surface area contributed by atoms with Gasteiger partial charge in [0.05, 0.1) is 24.0 Å². The number of para-hydroxylation sites is 1. The van der Waals surface area contributed by atoms with Gasteiger partial charge >= 0.3 is 0 Å². The third kappa shape index (κ3) is 3.04. The Bertz CT molecular complexity index is 1160. The molecule has 1 aromatic carbocycles. The summed E-state index contributed by atoms with van der Waals surface area (Å²) in [7, 11) is 0. The molecule has 0 saturated heterocycles. The molecule has 0 aliphatic carbocycles. The summed E-state index contributed by atoms with van der Waals surface area (Å²) in [6.07, 6.45) is 1.62. The lowest BCUT2D eigenvalue weighted by atomic mass is 10.2. The zero-order chi connectivity index (χ0) is 18.3. The van der Waals surface area contributed by atoms with E-state index in [0.717, 1.165) is 37.2 Å². The number of thiazole rings is 1. The number of fused-ring (bicyclic) bond motifs is 1. The maximum atomic E-state index is 12.8. The van der Waals surface area contributed by atoms with Gasteiger partial charge in [-0.1, -0.05) is 18.2 Å². The summed E-state index contributed by atoms with van der Waals surface area (Å²) in [4.78, 5) is 23.8. The van der Waals surface area contributed by atoms with Gasteiger partial charge in [0, 0.05) is 15.9 Å². The van der Waals surface area contributed by atoms with Gasteiger partial charge in [-0.3, -0.25) is 9.36 Å². The van der Waals surface area contributed by atoms with E-state index in [1.54, 1.807) is 22.2 Å². The molecule has 3 aromatic heterocycles. The molecule has 0 atom stereocenters. The van der Waals surface area contributed by atoms with Crippen molar-refractivity contribution >= 4 is 43.7 Å². The van der Waals surface area contributed by atoms with E-state index in [9.17, 15) is 4.79 Å². The van der Waals surface area contributed by atoms with Gasteiger partial charge in [-0.15, -0.1) is 22.7 Å². The second-order valence-electron chi connectivity index (χ2n) is 6.22. The van der Waals surface area contributed by atoms with Gasteiger partial charge in [0.25, 0.3) is 5.56 Å². The molecular formula is C19H18N4OS2. The Morgan fingerprint density at radius 2 is 2.00 bits per heavy atom. The molecule has 4 aromatic rings. The summed E-state index contributed by atoms with van der Waals surface area (Å²) in [5, 5.41) is 6.86. The Morgan fingerprint density at radius 3 is 2.81 bits per heavy atom. The topological polar surface area (TPSA) is 59.8 Å². The van der Waals surface area contributed by atoms with Crippen LogP contribution in [0.15, 0.2) is 40.8 Å². The highest BCUT2D eigenvalue weighted by Crippen LogP contribution is 2.26. The van der Waals surface area contributed by atoms with Gasteiger partial charge in [0.15, 0.2) is 5.13 Å². The molecule has 0 amide bonds. The summed E-state index contributed by atoms with van der Waals surface area (Å²) in [6, 6.07) is 8.09. The molecule has 0 aliphatic heterocycles. The van der Waals surface area contributed by atoms with Crippen molar-refractivity contribution in [3.8, 4) is 0 Å². The van der Waals surface area contributed by atoms with Crippen LogP contribution in [0, 0.1) is 20.8 Å². The minimum Gasteiger partial charge on any atom is -0.331 e. The largest absolute Gasteiger partial charge is 0.331 e.